The number of para-hydroxylation sites is 1. The van der Waals surface area contributed by atoms with E-state index in [0.29, 0.717) is 16.4 Å². The van der Waals surface area contributed by atoms with Gasteiger partial charge in [-0.1, -0.05) is 23.7 Å². The van der Waals surface area contributed by atoms with Crippen LogP contribution >= 0.6 is 11.6 Å². The molecule has 2 aromatic carbocycles. The minimum absolute atomic E-state index is 0.00487. The fourth-order valence-electron chi connectivity index (χ4n) is 2.15. The Balaban J connectivity index is 2.09. The molecule has 8 nitrogen and oxygen atoms in total. The van der Waals surface area contributed by atoms with Crippen molar-refractivity contribution < 1.29 is 19.2 Å². The highest BCUT2D eigenvalue weighted by Crippen LogP contribution is 2.25. The molecule has 0 saturated heterocycles. The smallest absolute Gasteiger partial charge is 0.341 e. The molecule has 0 radical (unpaired) electrons. The van der Waals surface area contributed by atoms with Crippen LogP contribution < -0.4 is 10.2 Å². The van der Waals surface area contributed by atoms with Crippen molar-refractivity contribution in [2.24, 2.45) is 0 Å². The van der Waals surface area contributed by atoms with Crippen LogP contribution in [0.3, 0.4) is 0 Å². The molecule has 9 heteroatoms. The molecule has 0 fully saturated rings. The summed E-state index contributed by atoms with van der Waals surface area (Å²) in [6, 6.07) is 10.5. The average Bonchev–Trinajstić information content (AvgIpc) is 2.61. The second-order valence-electron chi connectivity index (χ2n) is 5.46. The Kier molecular flexibility index (Phi) is 6.13. The van der Waals surface area contributed by atoms with E-state index in [1.54, 1.807) is 43.3 Å². The Labute approximate surface area is 154 Å². The number of non-ortho nitro benzene ring substituents is 1. The first-order chi connectivity index (χ1) is 12.3. The Bertz CT molecular complexity index is 854. The molecule has 0 bridgehead atoms. The number of amides is 1. The number of halogens is 1. The number of esters is 1. The van der Waals surface area contributed by atoms with Gasteiger partial charge in [-0.25, -0.2) is 4.79 Å². The van der Waals surface area contributed by atoms with E-state index in [1.807, 2.05) is 0 Å². The fourth-order valence-corrected chi connectivity index (χ4v) is 2.33. The van der Waals surface area contributed by atoms with Gasteiger partial charge in [0.15, 0.2) is 6.61 Å². The molecule has 2 aromatic rings. The highest BCUT2D eigenvalue weighted by Gasteiger charge is 2.20. The molecule has 26 heavy (non-hydrogen) atoms. The number of rotatable bonds is 6. The van der Waals surface area contributed by atoms with E-state index in [4.69, 9.17) is 16.3 Å². The third-order valence-corrected chi connectivity index (χ3v) is 3.70. The van der Waals surface area contributed by atoms with Gasteiger partial charge in [0.2, 0.25) is 0 Å². The summed E-state index contributed by atoms with van der Waals surface area (Å²) < 4.78 is 4.98. The Hall–Kier alpha value is -3.13. The monoisotopic (exact) mass is 377 g/mol. The zero-order valence-electron chi connectivity index (χ0n) is 14.1. The van der Waals surface area contributed by atoms with Crippen molar-refractivity contribution in [3.05, 3.63) is 63.2 Å². The molecule has 0 saturated carbocycles. The van der Waals surface area contributed by atoms with Gasteiger partial charge in [-0.3, -0.25) is 14.9 Å². The predicted octanol–water partition coefficient (Wildman–Crippen LogP) is 3.11. The molecular weight excluding hydrogens is 362 g/mol. The summed E-state index contributed by atoms with van der Waals surface area (Å²) in [7, 11) is 3.37. The number of carbonyl (C=O) groups excluding carboxylic acids is 2. The van der Waals surface area contributed by atoms with E-state index in [-0.39, 0.29) is 11.3 Å². The van der Waals surface area contributed by atoms with Crippen LogP contribution in [0.2, 0.25) is 5.02 Å². The van der Waals surface area contributed by atoms with E-state index in [0.717, 1.165) is 6.07 Å². The van der Waals surface area contributed by atoms with Crippen molar-refractivity contribution in [2.75, 3.05) is 30.9 Å². The van der Waals surface area contributed by atoms with Crippen molar-refractivity contribution in [1.29, 1.82) is 0 Å². The van der Waals surface area contributed by atoms with Crippen LogP contribution in [0.5, 0.6) is 0 Å². The highest BCUT2D eigenvalue weighted by molar-refractivity contribution is 6.33. The summed E-state index contributed by atoms with van der Waals surface area (Å²) in [6.07, 6.45) is 0. The first kappa shape index (κ1) is 19.2. The van der Waals surface area contributed by atoms with E-state index in [2.05, 4.69) is 5.32 Å². The number of ether oxygens (including phenoxy) is 1. The number of nitro benzene ring substituents is 1. The first-order valence-corrected chi connectivity index (χ1v) is 7.84. The largest absolute Gasteiger partial charge is 0.452 e. The lowest BCUT2D eigenvalue weighted by atomic mass is 10.1. The SMILES string of the molecule is CN(C)c1ccc([N+](=O)[O-])cc1C(=O)OCC(=O)Nc1ccccc1Cl. The molecule has 0 atom stereocenters. The summed E-state index contributed by atoms with van der Waals surface area (Å²) in [5.41, 5.74) is 0.574. The topological polar surface area (TPSA) is 102 Å². The predicted molar refractivity (Wildman–Crippen MR) is 97.8 cm³/mol. The van der Waals surface area contributed by atoms with Gasteiger partial charge in [-0.2, -0.15) is 0 Å². The van der Waals surface area contributed by atoms with E-state index >= 15 is 0 Å². The van der Waals surface area contributed by atoms with Gasteiger partial charge in [0.05, 0.1) is 26.9 Å². The molecule has 0 spiro atoms. The third-order valence-electron chi connectivity index (χ3n) is 3.37. The zero-order chi connectivity index (χ0) is 19.3. The maximum atomic E-state index is 12.3. The molecule has 0 aliphatic heterocycles. The molecule has 1 amide bonds. The summed E-state index contributed by atoms with van der Waals surface area (Å²) in [6.45, 7) is -0.556. The van der Waals surface area contributed by atoms with Gasteiger partial charge in [-0.15, -0.1) is 0 Å². The molecule has 0 aromatic heterocycles. The minimum Gasteiger partial charge on any atom is -0.452 e. The Morgan fingerprint density at radius 2 is 1.92 bits per heavy atom. The van der Waals surface area contributed by atoms with Gasteiger partial charge in [0.25, 0.3) is 11.6 Å². The summed E-state index contributed by atoms with van der Waals surface area (Å²) >= 11 is 5.94. The average molecular weight is 378 g/mol. The molecule has 0 aliphatic carbocycles. The number of nitro groups is 1. The number of nitrogens with zero attached hydrogens (tertiary/aromatic N) is 2. The van der Waals surface area contributed by atoms with Crippen molar-refractivity contribution in [3.8, 4) is 0 Å². The van der Waals surface area contributed by atoms with Gasteiger partial charge in [0.1, 0.15) is 0 Å². The van der Waals surface area contributed by atoms with E-state index < -0.39 is 23.4 Å². The highest BCUT2D eigenvalue weighted by atomic mass is 35.5. The van der Waals surface area contributed by atoms with Crippen LogP contribution in [-0.4, -0.2) is 37.5 Å². The lowest BCUT2D eigenvalue weighted by Gasteiger charge is -2.16. The lowest BCUT2D eigenvalue weighted by molar-refractivity contribution is -0.384. The Morgan fingerprint density at radius 3 is 2.54 bits per heavy atom. The summed E-state index contributed by atoms with van der Waals surface area (Å²) in [5, 5.41) is 13.8. The lowest BCUT2D eigenvalue weighted by Crippen LogP contribution is -2.22. The third kappa shape index (κ3) is 4.70. The quantitative estimate of drug-likeness (QED) is 0.471. The second kappa shape index (κ2) is 8.30. The molecular formula is C17H16ClN3O5. The number of anilines is 2. The zero-order valence-corrected chi connectivity index (χ0v) is 14.8. The maximum absolute atomic E-state index is 12.3. The van der Waals surface area contributed by atoms with Crippen molar-refractivity contribution >= 4 is 40.5 Å². The molecule has 1 N–H and O–H groups in total. The van der Waals surface area contributed by atoms with Crippen LogP contribution in [0, 0.1) is 10.1 Å². The number of nitrogens with one attached hydrogen (secondary N) is 1. The molecule has 0 heterocycles. The second-order valence-corrected chi connectivity index (χ2v) is 5.86. The van der Waals surface area contributed by atoms with Gasteiger partial charge in [0, 0.05) is 26.2 Å². The fraction of sp³-hybridized carbons (Fsp3) is 0.176. The van der Waals surface area contributed by atoms with Crippen LogP contribution in [0.1, 0.15) is 10.4 Å². The summed E-state index contributed by atoms with van der Waals surface area (Å²) in [5.74, 6) is -1.42. The molecule has 2 rings (SSSR count). The molecule has 0 aliphatic rings. The molecule has 136 valence electrons. The minimum atomic E-state index is -0.841. The van der Waals surface area contributed by atoms with Crippen LogP contribution in [0.4, 0.5) is 17.1 Å². The van der Waals surface area contributed by atoms with Gasteiger partial charge in [-0.05, 0) is 18.2 Å². The standard InChI is InChI=1S/C17H16ClN3O5/c1-20(2)15-8-7-11(21(24)25)9-12(15)17(23)26-10-16(22)19-14-6-4-3-5-13(14)18/h3-9H,10H2,1-2H3,(H,19,22). The number of benzene rings is 2. The van der Waals surface area contributed by atoms with Crippen molar-refractivity contribution in [1.82, 2.24) is 0 Å². The first-order valence-electron chi connectivity index (χ1n) is 7.47. The van der Waals surface area contributed by atoms with E-state index in [1.165, 1.54) is 12.1 Å². The van der Waals surface area contributed by atoms with Crippen LogP contribution in [0.25, 0.3) is 0 Å². The van der Waals surface area contributed by atoms with Crippen LogP contribution in [-0.2, 0) is 9.53 Å². The van der Waals surface area contributed by atoms with Crippen LogP contribution in [0.15, 0.2) is 42.5 Å². The van der Waals surface area contributed by atoms with Gasteiger partial charge >= 0.3 is 5.97 Å². The number of hydrogen-bond acceptors (Lipinski definition) is 6. The van der Waals surface area contributed by atoms with Gasteiger partial charge < -0.3 is 15.0 Å². The number of carbonyl (C=O) groups is 2. The van der Waals surface area contributed by atoms with E-state index in [9.17, 15) is 19.7 Å². The normalized spacial score (nSPS) is 10.1. The molecule has 0 unspecified atom stereocenters. The number of hydrogen-bond donors (Lipinski definition) is 1. The van der Waals surface area contributed by atoms with Crippen molar-refractivity contribution in [3.63, 3.8) is 0 Å². The summed E-state index contributed by atoms with van der Waals surface area (Å²) in [4.78, 5) is 36.1. The maximum Gasteiger partial charge on any atom is 0.341 e. The van der Waals surface area contributed by atoms with Crippen molar-refractivity contribution in [2.45, 2.75) is 0 Å². The Morgan fingerprint density at radius 1 is 1.23 bits per heavy atom.